The molecule has 1 atom stereocenters. The van der Waals surface area contributed by atoms with Crippen molar-refractivity contribution in [3.8, 4) is 5.75 Å². The Morgan fingerprint density at radius 2 is 2.03 bits per heavy atom. The fraction of sp³-hybridized carbons (Fsp3) is 0.650. The Labute approximate surface area is 173 Å². The quantitative estimate of drug-likeness (QED) is 0.631. The molecule has 1 saturated heterocycles. The Hall–Kier alpha value is -1.68. The number of nitrogens with one attached hydrogen (secondary N) is 1. The molecular weight excluding hydrogens is 394 g/mol. The fourth-order valence-corrected chi connectivity index (χ4v) is 5.07. The number of carbonyl (C=O) groups is 1. The number of ether oxygens (including phenoxy) is 2. The van der Waals surface area contributed by atoms with Crippen LogP contribution >= 0.6 is 0 Å². The van der Waals surface area contributed by atoms with Gasteiger partial charge in [0, 0.05) is 31.7 Å². The van der Waals surface area contributed by atoms with Gasteiger partial charge in [-0.25, -0.2) is 8.42 Å². The number of hydrogen-bond donors (Lipinski definition) is 1. The van der Waals surface area contributed by atoms with Crippen LogP contribution in [0.25, 0.3) is 0 Å². The van der Waals surface area contributed by atoms with Gasteiger partial charge in [-0.3, -0.25) is 9.69 Å². The smallest absolute Gasteiger partial charge is 0.246 e. The predicted octanol–water partition coefficient (Wildman–Crippen LogP) is 0.858. The number of rotatable bonds is 9. The monoisotopic (exact) mass is 425 g/mol. The van der Waals surface area contributed by atoms with E-state index >= 15 is 0 Å². The number of benzene rings is 1. The van der Waals surface area contributed by atoms with Crippen molar-refractivity contribution in [2.45, 2.75) is 43.2 Å². The summed E-state index contributed by atoms with van der Waals surface area (Å²) in [6.07, 6.45) is 2.57. The highest BCUT2D eigenvalue weighted by molar-refractivity contribution is 7.89. The average molecular weight is 426 g/mol. The molecular formula is C20H31N3O5S. The lowest BCUT2D eigenvalue weighted by molar-refractivity contribution is -0.120. The molecule has 3 rings (SSSR count). The van der Waals surface area contributed by atoms with E-state index in [0.29, 0.717) is 44.5 Å². The summed E-state index contributed by atoms with van der Waals surface area (Å²) in [5.41, 5.74) is 0.637. The van der Waals surface area contributed by atoms with Crippen molar-refractivity contribution in [1.82, 2.24) is 14.5 Å². The molecule has 162 valence electrons. The maximum atomic E-state index is 13.0. The third kappa shape index (κ3) is 5.48. The second-order valence-electron chi connectivity index (χ2n) is 7.73. The van der Waals surface area contributed by atoms with Gasteiger partial charge in [0.2, 0.25) is 15.9 Å². The number of amides is 1. The van der Waals surface area contributed by atoms with E-state index in [1.165, 1.54) is 24.3 Å². The van der Waals surface area contributed by atoms with E-state index < -0.39 is 10.0 Å². The van der Waals surface area contributed by atoms with Gasteiger partial charge in [-0.1, -0.05) is 6.07 Å². The molecule has 1 amide bonds. The molecule has 1 aromatic carbocycles. The zero-order chi connectivity index (χ0) is 21.0. The second-order valence-corrected chi connectivity index (χ2v) is 9.63. The summed E-state index contributed by atoms with van der Waals surface area (Å²) in [6, 6.07) is 5.79. The van der Waals surface area contributed by atoms with Crippen molar-refractivity contribution in [1.29, 1.82) is 0 Å². The van der Waals surface area contributed by atoms with Gasteiger partial charge in [-0.15, -0.1) is 0 Å². The highest BCUT2D eigenvalue weighted by Gasteiger charge is 2.30. The normalized spacial score (nSPS) is 19.2. The van der Waals surface area contributed by atoms with Crippen molar-refractivity contribution in [3.05, 3.63) is 23.8 Å². The van der Waals surface area contributed by atoms with Crippen LogP contribution in [0.5, 0.6) is 5.75 Å². The fourth-order valence-electron chi connectivity index (χ4n) is 3.45. The number of likely N-dealkylation sites (N-methyl/N-ethyl adjacent to an activating group) is 1. The Bertz CT molecular complexity index is 819. The van der Waals surface area contributed by atoms with Crippen LogP contribution in [0.1, 0.15) is 25.3 Å². The highest BCUT2D eigenvalue weighted by Crippen LogP contribution is 2.29. The van der Waals surface area contributed by atoms with E-state index in [0.717, 1.165) is 0 Å². The first-order valence-electron chi connectivity index (χ1n) is 10.1. The van der Waals surface area contributed by atoms with Gasteiger partial charge in [0.1, 0.15) is 10.6 Å². The van der Waals surface area contributed by atoms with Crippen LogP contribution in [0.2, 0.25) is 0 Å². The molecule has 1 saturated carbocycles. The molecule has 29 heavy (non-hydrogen) atoms. The molecule has 1 unspecified atom stereocenters. The SMILES string of the molecule is COc1ccc(CC(=O)NCC(C)N(C)C2CC2)cc1S(=O)(=O)N1CCOCC1. The molecule has 2 aliphatic rings. The van der Waals surface area contributed by atoms with Crippen LogP contribution in [0.3, 0.4) is 0 Å². The number of methoxy groups -OCH3 is 1. The first kappa shape index (κ1) is 22.0. The summed E-state index contributed by atoms with van der Waals surface area (Å²) in [4.78, 5) is 14.8. The summed E-state index contributed by atoms with van der Waals surface area (Å²) < 4.78 is 38.0. The van der Waals surface area contributed by atoms with Gasteiger partial charge in [0.15, 0.2) is 0 Å². The molecule has 0 bridgehead atoms. The van der Waals surface area contributed by atoms with Crippen LogP contribution in [0.4, 0.5) is 0 Å². The van der Waals surface area contributed by atoms with Gasteiger partial charge in [-0.05, 0) is 44.5 Å². The first-order chi connectivity index (χ1) is 13.8. The Morgan fingerprint density at radius 3 is 2.66 bits per heavy atom. The lowest BCUT2D eigenvalue weighted by atomic mass is 10.1. The zero-order valence-electron chi connectivity index (χ0n) is 17.4. The summed E-state index contributed by atoms with van der Waals surface area (Å²) in [7, 11) is -0.186. The minimum atomic E-state index is -3.71. The maximum absolute atomic E-state index is 13.0. The van der Waals surface area contributed by atoms with E-state index in [9.17, 15) is 13.2 Å². The number of sulfonamides is 1. The molecule has 1 aliphatic heterocycles. The molecule has 0 aromatic heterocycles. The van der Waals surface area contributed by atoms with Crippen molar-refractivity contribution in [2.24, 2.45) is 0 Å². The molecule has 0 spiro atoms. The standard InChI is InChI=1S/C20H31N3O5S/c1-15(22(2)17-5-6-17)14-21-20(24)13-16-4-7-18(27-3)19(12-16)29(25,26)23-8-10-28-11-9-23/h4,7,12,15,17H,5-6,8-11,13-14H2,1-3H3,(H,21,24). The first-order valence-corrected chi connectivity index (χ1v) is 11.5. The summed E-state index contributed by atoms with van der Waals surface area (Å²) in [5.74, 6) is 0.154. The van der Waals surface area contributed by atoms with Crippen LogP contribution < -0.4 is 10.1 Å². The highest BCUT2D eigenvalue weighted by atomic mass is 32.2. The summed E-state index contributed by atoms with van der Waals surface area (Å²) in [6.45, 7) is 4.03. The number of nitrogens with zero attached hydrogens (tertiary/aromatic N) is 2. The van der Waals surface area contributed by atoms with E-state index in [1.807, 2.05) is 0 Å². The van der Waals surface area contributed by atoms with Crippen LogP contribution in [-0.2, 0) is 26.0 Å². The Kier molecular flexibility index (Phi) is 7.15. The predicted molar refractivity (Wildman–Crippen MR) is 110 cm³/mol. The van der Waals surface area contributed by atoms with Crippen LogP contribution in [-0.4, -0.2) is 82.6 Å². The molecule has 8 nitrogen and oxygen atoms in total. The Morgan fingerprint density at radius 1 is 1.34 bits per heavy atom. The molecule has 1 N–H and O–H groups in total. The largest absolute Gasteiger partial charge is 0.495 e. The lowest BCUT2D eigenvalue weighted by Crippen LogP contribution is -2.41. The number of carbonyl (C=O) groups excluding carboxylic acids is 1. The molecule has 1 heterocycles. The summed E-state index contributed by atoms with van der Waals surface area (Å²) >= 11 is 0. The third-order valence-electron chi connectivity index (χ3n) is 5.59. The molecule has 0 radical (unpaired) electrons. The zero-order valence-corrected chi connectivity index (χ0v) is 18.2. The van der Waals surface area contributed by atoms with E-state index in [2.05, 4.69) is 24.2 Å². The summed E-state index contributed by atoms with van der Waals surface area (Å²) in [5, 5.41) is 2.96. The maximum Gasteiger partial charge on any atom is 0.246 e. The van der Waals surface area contributed by atoms with Gasteiger partial charge < -0.3 is 14.8 Å². The van der Waals surface area contributed by atoms with Crippen molar-refractivity contribution < 1.29 is 22.7 Å². The topological polar surface area (TPSA) is 88.2 Å². The van der Waals surface area contributed by atoms with Crippen LogP contribution in [0.15, 0.2) is 23.1 Å². The molecule has 2 fully saturated rings. The van der Waals surface area contributed by atoms with Gasteiger partial charge in [0.05, 0.1) is 26.7 Å². The van der Waals surface area contributed by atoms with Crippen molar-refractivity contribution in [3.63, 3.8) is 0 Å². The van der Waals surface area contributed by atoms with Crippen LogP contribution in [0, 0.1) is 0 Å². The lowest BCUT2D eigenvalue weighted by Gasteiger charge is -2.27. The number of hydrogen-bond acceptors (Lipinski definition) is 6. The van der Waals surface area contributed by atoms with E-state index in [4.69, 9.17) is 9.47 Å². The number of morpholine rings is 1. The molecule has 1 aromatic rings. The molecule has 1 aliphatic carbocycles. The van der Waals surface area contributed by atoms with Gasteiger partial charge in [-0.2, -0.15) is 4.31 Å². The molecule has 9 heteroatoms. The minimum Gasteiger partial charge on any atom is -0.495 e. The van der Waals surface area contributed by atoms with E-state index in [-0.39, 0.29) is 29.0 Å². The minimum absolute atomic E-state index is 0.0917. The Balaban J connectivity index is 1.66. The van der Waals surface area contributed by atoms with E-state index in [1.54, 1.807) is 18.2 Å². The average Bonchev–Trinajstić information content (AvgIpc) is 3.57. The third-order valence-corrected chi connectivity index (χ3v) is 7.51. The second kappa shape index (κ2) is 9.42. The van der Waals surface area contributed by atoms with Crippen molar-refractivity contribution in [2.75, 3.05) is 47.0 Å². The van der Waals surface area contributed by atoms with Crippen molar-refractivity contribution >= 4 is 15.9 Å². The van der Waals surface area contributed by atoms with Gasteiger partial charge >= 0.3 is 0 Å². The van der Waals surface area contributed by atoms with Gasteiger partial charge in [0.25, 0.3) is 0 Å².